The van der Waals surface area contributed by atoms with Crippen molar-refractivity contribution in [3.63, 3.8) is 0 Å². The Morgan fingerprint density at radius 1 is 1.17 bits per heavy atom. The molecule has 0 aliphatic carbocycles. The van der Waals surface area contributed by atoms with E-state index < -0.39 is 25.2 Å². The second-order valence-corrected chi connectivity index (χ2v) is 8.60. The molecule has 2 heterocycles. The highest BCUT2D eigenvalue weighted by Crippen LogP contribution is 2.29. The van der Waals surface area contributed by atoms with Crippen molar-refractivity contribution in [2.24, 2.45) is 0 Å². The van der Waals surface area contributed by atoms with Crippen LogP contribution in [0.3, 0.4) is 0 Å². The minimum absolute atomic E-state index is 0.122. The molecule has 4 rings (SSSR count). The molecule has 2 aromatic heterocycles. The number of carbonyl (C=O) groups is 1. The van der Waals surface area contributed by atoms with E-state index in [1.807, 2.05) is 23.8 Å². The Morgan fingerprint density at radius 2 is 1.97 bits per heavy atom. The number of methoxy groups -OCH3 is 1. The first kappa shape index (κ1) is 24.5. The monoisotopic (exact) mass is 548 g/mol. The molecule has 182 valence electrons. The third-order valence-corrected chi connectivity index (χ3v) is 5.55. The topological polar surface area (TPSA) is 78.1 Å². The van der Waals surface area contributed by atoms with Crippen LogP contribution in [0.25, 0.3) is 16.9 Å². The van der Waals surface area contributed by atoms with E-state index in [2.05, 4.69) is 31.2 Å². The molecule has 0 spiro atoms. The van der Waals surface area contributed by atoms with Crippen LogP contribution in [0.2, 0.25) is 0 Å². The van der Waals surface area contributed by atoms with Gasteiger partial charge in [0.05, 0.1) is 31.0 Å². The molecule has 4 aromatic rings. The van der Waals surface area contributed by atoms with Gasteiger partial charge in [-0.1, -0.05) is 33.3 Å². The van der Waals surface area contributed by atoms with Gasteiger partial charge in [0.15, 0.2) is 0 Å². The van der Waals surface area contributed by atoms with E-state index in [1.165, 1.54) is 23.0 Å². The predicted octanol–water partition coefficient (Wildman–Crippen LogP) is 4.81. The Balaban J connectivity index is 1.56. The van der Waals surface area contributed by atoms with Crippen LogP contribution in [-0.4, -0.2) is 50.3 Å². The molecule has 0 bridgehead atoms. The van der Waals surface area contributed by atoms with Gasteiger partial charge in [0.1, 0.15) is 24.5 Å². The molecule has 1 amide bonds. The van der Waals surface area contributed by atoms with Crippen molar-refractivity contribution in [2.75, 3.05) is 18.6 Å². The van der Waals surface area contributed by atoms with Crippen molar-refractivity contribution >= 4 is 27.5 Å². The van der Waals surface area contributed by atoms with Crippen molar-refractivity contribution in [1.29, 1.82) is 0 Å². The summed E-state index contributed by atoms with van der Waals surface area (Å²) in [5.74, 6) is -0.211. The van der Waals surface area contributed by atoms with Gasteiger partial charge in [-0.25, -0.2) is 9.67 Å². The fourth-order valence-corrected chi connectivity index (χ4v) is 3.87. The van der Waals surface area contributed by atoms with E-state index in [-0.39, 0.29) is 5.69 Å². The molecule has 0 atom stereocenters. The zero-order valence-electron chi connectivity index (χ0n) is 18.7. The number of aryl methyl sites for hydroxylation is 1. The first-order valence-electron chi connectivity index (χ1n) is 10.3. The van der Waals surface area contributed by atoms with Gasteiger partial charge in [0.25, 0.3) is 0 Å². The third-order valence-electron chi connectivity index (χ3n) is 5.06. The van der Waals surface area contributed by atoms with Gasteiger partial charge in [-0.3, -0.25) is 4.79 Å². The number of anilines is 1. The molecule has 0 N–H and O–H groups in total. The van der Waals surface area contributed by atoms with Crippen LogP contribution in [0.15, 0.2) is 65.7 Å². The largest absolute Gasteiger partial charge is 0.495 e. The summed E-state index contributed by atoms with van der Waals surface area (Å²) in [6.07, 6.45) is 0.460. The Morgan fingerprint density at radius 3 is 2.63 bits per heavy atom. The lowest BCUT2D eigenvalue weighted by molar-refractivity contribution is -0.132. The number of alkyl halides is 3. The molecule has 0 aliphatic rings. The van der Waals surface area contributed by atoms with E-state index >= 15 is 0 Å². The van der Waals surface area contributed by atoms with Crippen molar-refractivity contribution in [3.05, 3.63) is 71.4 Å². The zero-order valence-corrected chi connectivity index (χ0v) is 20.3. The number of benzene rings is 2. The minimum atomic E-state index is -4.57. The van der Waals surface area contributed by atoms with Crippen LogP contribution in [0.4, 0.5) is 18.9 Å². The number of imidazole rings is 1. The molecule has 0 saturated heterocycles. The summed E-state index contributed by atoms with van der Waals surface area (Å²) in [5.41, 5.74) is 2.86. The highest BCUT2D eigenvalue weighted by molar-refractivity contribution is 9.10. The van der Waals surface area contributed by atoms with Gasteiger partial charge in [-0.15, -0.1) is 5.10 Å². The maximum Gasteiger partial charge on any atom is 0.406 e. The van der Waals surface area contributed by atoms with Crippen molar-refractivity contribution in [2.45, 2.75) is 19.6 Å². The Hall–Kier alpha value is -3.67. The van der Waals surface area contributed by atoms with Crippen LogP contribution < -0.4 is 9.64 Å². The SMILES string of the molecule is COc1cc(-c2cn(CC(=O)N(CC(F)(F)F)c3cccc(Br)c3)nn2)ccc1-n1cnc(C)c1. The molecule has 8 nitrogen and oxygen atoms in total. The minimum Gasteiger partial charge on any atom is -0.495 e. The molecule has 0 fully saturated rings. The van der Waals surface area contributed by atoms with Gasteiger partial charge in [0, 0.05) is 21.9 Å². The highest BCUT2D eigenvalue weighted by Gasteiger charge is 2.34. The van der Waals surface area contributed by atoms with E-state index in [4.69, 9.17) is 4.74 Å². The first-order chi connectivity index (χ1) is 16.6. The first-order valence-corrected chi connectivity index (χ1v) is 11.1. The van der Waals surface area contributed by atoms with Crippen LogP contribution in [0, 0.1) is 6.92 Å². The lowest BCUT2D eigenvalue weighted by Gasteiger charge is -2.24. The van der Waals surface area contributed by atoms with Gasteiger partial charge >= 0.3 is 6.18 Å². The van der Waals surface area contributed by atoms with E-state index in [0.29, 0.717) is 26.4 Å². The van der Waals surface area contributed by atoms with Crippen molar-refractivity contribution in [3.8, 4) is 22.7 Å². The summed E-state index contributed by atoms with van der Waals surface area (Å²) in [7, 11) is 1.54. The molecule has 35 heavy (non-hydrogen) atoms. The average Bonchev–Trinajstić information content (AvgIpc) is 3.45. The Kier molecular flexibility index (Phi) is 6.92. The normalized spacial score (nSPS) is 11.5. The maximum atomic E-state index is 13.2. The molecule has 12 heteroatoms. The number of aromatic nitrogens is 5. The maximum absolute atomic E-state index is 13.2. The molecule has 0 unspecified atom stereocenters. The summed E-state index contributed by atoms with van der Waals surface area (Å²) < 4.78 is 48.7. The second kappa shape index (κ2) is 9.90. The van der Waals surface area contributed by atoms with E-state index in [0.717, 1.165) is 11.4 Å². The van der Waals surface area contributed by atoms with Gasteiger partial charge in [-0.05, 0) is 37.3 Å². The fourth-order valence-electron chi connectivity index (χ4n) is 3.48. The van der Waals surface area contributed by atoms with Crippen molar-refractivity contribution < 1.29 is 22.7 Å². The number of rotatable bonds is 7. The van der Waals surface area contributed by atoms with Gasteiger partial charge < -0.3 is 14.2 Å². The number of hydrogen-bond donors (Lipinski definition) is 0. The zero-order chi connectivity index (χ0) is 25.2. The average molecular weight is 549 g/mol. The highest BCUT2D eigenvalue weighted by atomic mass is 79.9. The number of hydrogen-bond acceptors (Lipinski definition) is 5. The summed E-state index contributed by atoms with van der Waals surface area (Å²) >= 11 is 3.23. The quantitative estimate of drug-likeness (QED) is 0.331. The Labute approximate surface area is 207 Å². The van der Waals surface area contributed by atoms with Crippen LogP contribution in [0.1, 0.15) is 5.69 Å². The molecular formula is C23H20BrF3N6O2. The summed E-state index contributed by atoms with van der Waals surface area (Å²) in [6, 6.07) is 11.5. The fraction of sp³-hybridized carbons (Fsp3) is 0.217. The Bertz CT molecular complexity index is 1350. The number of ether oxygens (including phenoxy) is 1. The smallest absolute Gasteiger partial charge is 0.406 e. The van der Waals surface area contributed by atoms with Gasteiger partial charge in [0.2, 0.25) is 5.91 Å². The van der Waals surface area contributed by atoms with Gasteiger partial charge in [-0.2, -0.15) is 13.2 Å². The predicted molar refractivity (Wildman–Crippen MR) is 126 cm³/mol. The molecular weight excluding hydrogens is 529 g/mol. The number of nitrogens with zero attached hydrogens (tertiary/aromatic N) is 6. The second-order valence-electron chi connectivity index (χ2n) is 7.69. The molecule has 0 saturated carbocycles. The summed E-state index contributed by atoms with van der Waals surface area (Å²) in [5, 5.41) is 8.01. The molecule has 0 radical (unpaired) electrons. The van der Waals surface area contributed by atoms with E-state index in [1.54, 1.807) is 37.7 Å². The summed E-state index contributed by atoms with van der Waals surface area (Å²) in [4.78, 5) is 17.7. The standard InChI is InChI=1S/C23H20BrF3N6O2/c1-15-10-31(14-28-15)20-7-6-16(8-21(20)35-2)19-11-32(30-29-19)12-22(34)33(13-23(25,26)27)18-5-3-4-17(24)9-18/h3-11,14H,12-13H2,1-2H3. The number of halogens is 4. The lowest BCUT2D eigenvalue weighted by atomic mass is 10.1. The van der Waals surface area contributed by atoms with E-state index in [9.17, 15) is 18.0 Å². The number of carbonyl (C=O) groups excluding carboxylic acids is 1. The van der Waals surface area contributed by atoms with Crippen LogP contribution in [-0.2, 0) is 11.3 Å². The summed E-state index contributed by atoms with van der Waals surface area (Å²) in [6.45, 7) is 0.0404. The van der Waals surface area contributed by atoms with Crippen molar-refractivity contribution in [1.82, 2.24) is 24.5 Å². The van der Waals surface area contributed by atoms with Crippen LogP contribution in [0.5, 0.6) is 5.75 Å². The van der Waals surface area contributed by atoms with Crippen LogP contribution >= 0.6 is 15.9 Å². The molecule has 2 aromatic carbocycles. The lowest BCUT2D eigenvalue weighted by Crippen LogP contribution is -2.41. The number of amides is 1. The third kappa shape index (κ3) is 5.88. The molecule has 0 aliphatic heterocycles.